The second kappa shape index (κ2) is 5.56. The van der Waals surface area contributed by atoms with Crippen LogP contribution in [0.25, 0.3) is 11.3 Å². The van der Waals surface area contributed by atoms with E-state index in [1.54, 1.807) is 18.7 Å². The molecule has 1 N–H and O–H groups in total. The molecule has 0 bridgehead atoms. The summed E-state index contributed by atoms with van der Waals surface area (Å²) in [6.45, 7) is 1.74. The minimum atomic E-state index is -0.870. The normalized spacial score (nSPS) is 12.1. The van der Waals surface area contributed by atoms with Crippen molar-refractivity contribution in [2.45, 2.75) is 6.92 Å². The summed E-state index contributed by atoms with van der Waals surface area (Å²) in [5.41, 5.74) is 1.81. The minimum Gasteiger partial charge on any atom is -0.481 e. The van der Waals surface area contributed by atoms with Crippen LogP contribution < -0.4 is 4.74 Å². The van der Waals surface area contributed by atoms with Gasteiger partial charge in [0, 0.05) is 18.7 Å². The summed E-state index contributed by atoms with van der Waals surface area (Å²) in [7, 11) is 1.77. The molecule has 0 aliphatic heterocycles. The molecular formula is C14H16N2O3. The zero-order valence-electron chi connectivity index (χ0n) is 10.9. The molecule has 0 spiro atoms. The number of carboxylic acid groups (broad SMARTS) is 1. The lowest BCUT2D eigenvalue weighted by atomic mass is 10.2. The van der Waals surface area contributed by atoms with Crippen LogP contribution in [0.4, 0.5) is 0 Å². The number of rotatable bonds is 5. The average Bonchev–Trinajstić information content (AvgIpc) is 2.78. The molecule has 5 nitrogen and oxygen atoms in total. The first-order valence-corrected chi connectivity index (χ1v) is 6.03. The largest absolute Gasteiger partial charge is 0.481 e. The molecule has 5 heteroatoms. The van der Waals surface area contributed by atoms with Gasteiger partial charge in [0.25, 0.3) is 0 Å². The molecule has 1 aromatic heterocycles. The Hall–Kier alpha value is -2.30. The van der Waals surface area contributed by atoms with Crippen molar-refractivity contribution in [3.05, 3.63) is 36.4 Å². The summed E-state index contributed by atoms with van der Waals surface area (Å²) in [6.07, 6.45) is 0. The molecule has 0 amide bonds. The van der Waals surface area contributed by atoms with Crippen molar-refractivity contribution >= 4 is 5.97 Å². The standard InChI is InChI=1S/C14H16N2O3/c1-10(14(17)18)9-19-13-8-12(15-16(13)2)11-6-4-3-5-7-11/h3-8,10H,9H2,1-2H3,(H,17,18). The van der Waals surface area contributed by atoms with Crippen LogP contribution in [0.1, 0.15) is 6.92 Å². The van der Waals surface area contributed by atoms with Gasteiger partial charge in [-0.1, -0.05) is 30.3 Å². The predicted octanol–water partition coefficient (Wildman–Crippen LogP) is 2.19. The zero-order chi connectivity index (χ0) is 13.8. The molecule has 1 unspecified atom stereocenters. The van der Waals surface area contributed by atoms with Gasteiger partial charge in [0.1, 0.15) is 6.61 Å². The van der Waals surface area contributed by atoms with E-state index in [4.69, 9.17) is 9.84 Å². The van der Waals surface area contributed by atoms with Crippen molar-refractivity contribution in [1.82, 2.24) is 9.78 Å². The second-order valence-corrected chi connectivity index (χ2v) is 4.41. The van der Waals surface area contributed by atoms with Crippen molar-refractivity contribution in [3.8, 4) is 17.1 Å². The van der Waals surface area contributed by atoms with E-state index < -0.39 is 11.9 Å². The Morgan fingerprint density at radius 1 is 1.42 bits per heavy atom. The van der Waals surface area contributed by atoms with E-state index >= 15 is 0 Å². The lowest BCUT2D eigenvalue weighted by molar-refractivity contribution is -0.142. The lowest BCUT2D eigenvalue weighted by Crippen LogP contribution is -2.18. The first-order chi connectivity index (χ1) is 9.08. The minimum absolute atomic E-state index is 0.128. The van der Waals surface area contributed by atoms with Crippen LogP contribution in [0.5, 0.6) is 5.88 Å². The molecule has 2 rings (SSSR count). The number of carboxylic acids is 1. The van der Waals surface area contributed by atoms with Gasteiger partial charge in [-0.15, -0.1) is 0 Å². The third-order valence-corrected chi connectivity index (χ3v) is 2.81. The van der Waals surface area contributed by atoms with Gasteiger partial charge in [-0.2, -0.15) is 5.10 Å². The van der Waals surface area contributed by atoms with Crippen molar-refractivity contribution in [2.75, 3.05) is 6.61 Å². The molecule has 1 heterocycles. The summed E-state index contributed by atoms with van der Waals surface area (Å²) in [4.78, 5) is 10.7. The Kier molecular flexibility index (Phi) is 3.85. The van der Waals surface area contributed by atoms with Gasteiger partial charge in [-0.3, -0.25) is 4.79 Å². The highest BCUT2D eigenvalue weighted by Gasteiger charge is 2.14. The summed E-state index contributed by atoms with van der Waals surface area (Å²) in [6, 6.07) is 11.6. The van der Waals surface area contributed by atoms with E-state index in [0.717, 1.165) is 11.3 Å². The van der Waals surface area contributed by atoms with Crippen molar-refractivity contribution in [1.29, 1.82) is 0 Å². The molecule has 0 aliphatic rings. The number of ether oxygens (including phenoxy) is 1. The fraction of sp³-hybridized carbons (Fsp3) is 0.286. The molecule has 0 fully saturated rings. The fourth-order valence-electron chi connectivity index (χ4n) is 1.62. The quantitative estimate of drug-likeness (QED) is 0.895. The number of aliphatic carboxylic acids is 1. The van der Waals surface area contributed by atoms with E-state index in [-0.39, 0.29) is 6.61 Å². The van der Waals surface area contributed by atoms with E-state index in [2.05, 4.69) is 5.10 Å². The first-order valence-electron chi connectivity index (χ1n) is 6.03. The highest BCUT2D eigenvalue weighted by atomic mass is 16.5. The van der Waals surface area contributed by atoms with Crippen LogP contribution in [-0.2, 0) is 11.8 Å². The highest BCUT2D eigenvalue weighted by Crippen LogP contribution is 2.22. The Labute approximate surface area is 111 Å². The van der Waals surface area contributed by atoms with Gasteiger partial charge in [-0.05, 0) is 6.92 Å². The highest BCUT2D eigenvalue weighted by molar-refractivity contribution is 5.69. The maximum absolute atomic E-state index is 10.7. The lowest BCUT2D eigenvalue weighted by Gasteiger charge is -2.08. The van der Waals surface area contributed by atoms with Crippen LogP contribution in [0.2, 0.25) is 0 Å². The third kappa shape index (κ3) is 3.13. The zero-order valence-corrected chi connectivity index (χ0v) is 10.9. The number of aryl methyl sites for hydroxylation is 1. The second-order valence-electron chi connectivity index (χ2n) is 4.41. The molecule has 0 saturated heterocycles. The van der Waals surface area contributed by atoms with Crippen LogP contribution >= 0.6 is 0 Å². The van der Waals surface area contributed by atoms with Crippen LogP contribution in [0, 0.1) is 5.92 Å². The number of aromatic nitrogens is 2. The Balaban J connectivity index is 2.11. The SMILES string of the molecule is CC(COc1cc(-c2ccccc2)nn1C)C(=O)O. The first kappa shape index (κ1) is 13.1. The van der Waals surface area contributed by atoms with E-state index in [1.807, 2.05) is 36.4 Å². The van der Waals surface area contributed by atoms with Crippen molar-refractivity contribution in [2.24, 2.45) is 13.0 Å². The number of hydrogen-bond acceptors (Lipinski definition) is 3. The summed E-state index contributed by atoms with van der Waals surface area (Å²) < 4.78 is 7.09. The fourth-order valence-corrected chi connectivity index (χ4v) is 1.62. The molecule has 0 aliphatic carbocycles. The smallest absolute Gasteiger partial charge is 0.309 e. The predicted molar refractivity (Wildman–Crippen MR) is 70.9 cm³/mol. The van der Waals surface area contributed by atoms with Crippen LogP contribution in [-0.4, -0.2) is 27.5 Å². The summed E-state index contributed by atoms with van der Waals surface area (Å²) in [5, 5.41) is 13.2. The van der Waals surface area contributed by atoms with E-state index in [1.165, 1.54) is 0 Å². The van der Waals surface area contributed by atoms with Gasteiger partial charge in [0.2, 0.25) is 5.88 Å². The molecule has 1 atom stereocenters. The molecular weight excluding hydrogens is 244 g/mol. The summed E-state index contributed by atoms with van der Waals surface area (Å²) in [5.74, 6) is -0.854. The topological polar surface area (TPSA) is 64.4 Å². The maximum atomic E-state index is 10.7. The van der Waals surface area contributed by atoms with Gasteiger partial charge in [-0.25, -0.2) is 4.68 Å². The van der Waals surface area contributed by atoms with E-state index in [0.29, 0.717) is 5.88 Å². The molecule has 0 saturated carbocycles. The monoisotopic (exact) mass is 260 g/mol. The molecule has 19 heavy (non-hydrogen) atoms. The number of carbonyl (C=O) groups is 1. The Bertz CT molecular complexity index is 563. The summed E-state index contributed by atoms with van der Waals surface area (Å²) >= 11 is 0. The molecule has 1 aromatic carbocycles. The van der Waals surface area contributed by atoms with Crippen LogP contribution in [0.3, 0.4) is 0 Å². The van der Waals surface area contributed by atoms with Gasteiger partial charge in [0.15, 0.2) is 0 Å². The third-order valence-electron chi connectivity index (χ3n) is 2.81. The van der Waals surface area contributed by atoms with Crippen molar-refractivity contribution < 1.29 is 14.6 Å². The molecule has 0 radical (unpaired) electrons. The van der Waals surface area contributed by atoms with Gasteiger partial charge >= 0.3 is 5.97 Å². The van der Waals surface area contributed by atoms with Crippen LogP contribution in [0.15, 0.2) is 36.4 Å². The number of hydrogen-bond donors (Lipinski definition) is 1. The van der Waals surface area contributed by atoms with Crippen molar-refractivity contribution in [3.63, 3.8) is 0 Å². The average molecular weight is 260 g/mol. The maximum Gasteiger partial charge on any atom is 0.309 e. The van der Waals surface area contributed by atoms with Gasteiger partial charge < -0.3 is 9.84 Å². The molecule has 2 aromatic rings. The Morgan fingerprint density at radius 3 is 2.74 bits per heavy atom. The molecule has 100 valence electrons. The van der Waals surface area contributed by atoms with Gasteiger partial charge in [0.05, 0.1) is 11.6 Å². The Morgan fingerprint density at radius 2 is 2.11 bits per heavy atom. The number of benzene rings is 1. The number of nitrogens with zero attached hydrogens (tertiary/aromatic N) is 2. The van der Waals surface area contributed by atoms with E-state index in [9.17, 15) is 4.79 Å².